The Hall–Kier alpha value is -1.36. The Bertz CT molecular complexity index is 424. The number of anilines is 2. The van der Waals surface area contributed by atoms with Gasteiger partial charge < -0.3 is 15.7 Å². The zero-order valence-corrected chi connectivity index (χ0v) is 10.9. The van der Waals surface area contributed by atoms with E-state index in [-0.39, 0.29) is 12.2 Å². The summed E-state index contributed by atoms with van der Waals surface area (Å²) in [6, 6.07) is 4.70. The predicted molar refractivity (Wildman–Crippen MR) is 72.5 cm³/mol. The number of benzene rings is 1. The number of alkyl halides is 2. The number of piperidine rings is 1. The van der Waals surface area contributed by atoms with E-state index in [1.54, 1.807) is 12.1 Å². The minimum Gasteiger partial charge on any atom is -0.399 e. The van der Waals surface area contributed by atoms with Crippen LogP contribution in [0.1, 0.15) is 31.3 Å². The third kappa shape index (κ3) is 3.35. The summed E-state index contributed by atoms with van der Waals surface area (Å²) in [5.41, 5.74) is 6.53. The molecule has 1 aromatic rings. The van der Waals surface area contributed by atoms with E-state index < -0.39 is 6.43 Å². The van der Waals surface area contributed by atoms with Crippen molar-refractivity contribution in [2.45, 2.75) is 25.7 Å². The molecule has 1 aromatic carbocycles. The average Bonchev–Trinajstić information content (AvgIpc) is 2.39. The Morgan fingerprint density at radius 3 is 2.89 bits per heavy atom. The molecule has 0 radical (unpaired) electrons. The quantitative estimate of drug-likeness (QED) is 0.827. The van der Waals surface area contributed by atoms with Gasteiger partial charge in [-0.25, -0.2) is 8.78 Å². The van der Waals surface area contributed by atoms with Crippen molar-refractivity contribution in [3.63, 3.8) is 0 Å². The normalized spacial score (nSPS) is 20.0. The summed E-state index contributed by atoms with van der Waals surface area (Å²) in [6.07, 6.45) is 0.236. The molecule has 0 saturated carbocycles. The van der Waals surface area contributed by atoms with Crippen molar-refractivity contribution in [2.24, 2.45) is 5.92 Å². The molecular formula is C14H20F2N2O. The highest BCUT2D eigenvalue weighted by molar-refractivity contribution is 5.60. The molecule has 1 aliphatic rings. The summed E-state index contributed by atoms with van der Waals surface area (Å²) >= 11 is 0. The smallest absolute Gasteiger partial charge is 0.265 e. The highest BCUT2D eigenvalue weighted by Gasteiger charge is 2.23. The standard InChI is InChI=1S/C14H20F2N2O/c15-14(16)12-8-11(17)3-4-13(12)18-6-1-2-10(9-18)5-7-19/h3-4,8,10,14,19H,1-2,5-7,9,17H2. The van der Waals surface area contributed by atoms with E-state index >= 15 is 0 Å². The number of aliphatic hydroxyl groups is 1. The SMILES string of the molecule is Nc1ccc(N2CCCC(CCO)C2)c(C(F)F)c1. The first-order chi connectivity index (χ1) is 9.11. The molecule has 1 fully saturated rings. The van der Waals surface area contributed by atoms with Gasteiger partial charge in [0.25, 0.3) is 6.43 Å². The van der Waals surface area contributed by atoms with Crippen LogP contribution in [0.15, 0.2) is 18.2 Å². The van der Waals surface area contributed by atoms with Gasteiger partial charge in [0.1, 0.15) is 0 Å². The second kappa shape index (κ2) is 6.19. The first kappa shape index (κ1) is 14.1. The van der Waals surface area contributed by atoms with Crippen LogP contribution in [0.5, 0.6) is 0 Å². The maximum absolute atomic E-state index is 13.1. The molecule has 19 heavy (non-hydrogen) atoms. The highest BCUT2D eigenvalue weighted by Crippen LogP contribution is 2.34. The van der Waals surface area contributed by atoms with Crippen molar-refractivity contribution in [1.82, 2.24) is 0 Å². The number of aliphatic hydroxyl groups excluding tert-OH is 1. The topological polar surface area (TPSA) is 49.5 Å². The fourth-order valence-corrected chi connectivity index (χ4v) is 2.74. The van der Waals surface area contributed by atoms with E-state index in [4.69, 9.17) is 10.8 Å². The van der Waals surface area contributed by atoms with Gasteiger partial charge in [-0.1, -0.05) is 0 Å². The first-order valence-corrected chi connectivity index (χ1v) is 6.65. The van der Waals surface area contributed by atoms with Crippen LogP contribution >= 0.6 is 0 Å². The number of nitrogen functional groups attached to an aromatic ring is 1. The minimum atomic E-state index is -2.52. The second-order valence-electron chi connectivity index (χ2n) is 5.09. The Morgan fingerprint density at radius 1 is 1.42 bits per heavy atom. The molecule has 1 aliphatic heterocycles. The lowest BCUT2D eigenvalue weighted by molar-refractivity contribution is 0.151. The largest absolute Gasteiger partial charge is 0.399 e. The molecule has 1 atom stereocenters. The van der Waals surface area contributed by atoms with E-state index in [0.717, 1.165) is 32.4 Å². The van der Waals surface area contributed by atoms with Crippen molar-refractivity contribution in [2.75, 3.05) is 30.3 Å². The van der Waals surface area contributed by atoms with Gasteiger partial charge in [0.15, 0.2) is 0 Å². The molecule has 2 rings (SSSR count). The van der Waals surface area contributed by atoms with Crippen LogP contribution in [-0.4, -0.2) is 24.8 Å². The van der Waals surface area contributed by atoms with Crippen molar-refractivity contribution in [1.29, 1.82) is 0 Å². The first-order valence-electron chi connectivity index (χ1n) is 6.65. The van der Waals surface area contributed by atoms with Gasteiger partial charge in [-0.3, -0.25) is 0 Å². The van der Waals surface area contributed by atoms with Crippen LogP contribution in [0, 0.1) is 5.92 Å². The number of halogens is 2. The molecule has 0 spiro atoms. The van der Waals surface area contributed by atoms with Crippen LogP contribution in [0.25, 0.3) is 0 Å². The van der Waals surface area contributed by atoms with Gasteiger partial charge in [0.05, 0.1) is 0 Å². The van der Waals surface area contributed by atoms with Crippen LogP contribution in [0.3, 0.4) is 0 Å². The number of nitrogens with two attached hydrogens (primary N) is 1. The van der Waals surface area contributed by atoms with Gasteiger partial charge in [-0.05, 0) is 43.4 Å². The van der Waals surface area contributed by atoms with Crippen molar-refractivity contribution >= 4 is 11.4 Å². The van der Waals surface area contributed by atoms with Gasteiger partial charge >= 0.3 is 0 Å². The van der Waals surface area contributed by atoms with Gasteiger partial charge in [0.2, 0.25) is 0 Å². The van der Waals surface area contributed by atoms with Crippen molar-refractivity contribution in [3.05, 3.63) is 23.8 Å². The van der Waals surface area contributed by atoms with Crippen LogP contribution in [0.2, 0.25) is 0 Å². The number of rotatable bonds is 4. The van der Waals surface area contributed by atoms with Gasteiger partial charge in [-0.15, -0.1) is 0 Å². The molecule has 0 aromatic heterocycles. The zero-order valence-electron chi connectivity index (χ0n) is 10.9. The molecule has 1 saturated heterocycles. The summed E-state index contributed by atoms with van der Waals surface area (Å²) in [5, 5.41) is 9.00. The number of nitrogens with zero attached hydrogens (tertiary/aromatic N) is 1. The Balaban J connectivity index is 2.20. The highest BCUT2D eigenvalue weighted by atomic mass is 19.3. The molecule has 3 N–H and O–H groups in total. The van der Waals surface area contributed by atoms with Crippen LogP contribution in [-0.2, 0) is 0 Å². The van der Waals surface area contributed by atoms with E-state index in [2.05, 4.69) is 0 Å². The molecule has 0 bridgehead atoms. The van der Waals surface area contributed by atoms with E-state index in [0.29, 0.717) is 17.3 Å². The number of hydrogen-bond acceptors (Lipinski definition) is 3. The molecule has 5 heteroatoms. The third-order valence-corrected chi connectivity index (χ3v) is 3.68. The van der Waals surface area contributed by atoms with Crippen LogP contribution in [0.4, 0.5) is 20.2 Å². The maximum Gasteiger partial charge on any atom is 0.265 e. The Labute approximate surface area is 112 Å². The summed E-state index contributed by atoms with van der Waals surface area (Å²) < 4.78 is 26.2. The lowest BCUT2D eigenvalue weighted by Gasteiger charge is -2.35. The van der Waals surface area contributed by atoms with Crippen LogP contribution < -0.4 is 10.6 Å². The van der Waals surface area contributed by atoms with Gasteiger partial charge in [0, 0.05) is 36.6 Å². The summed E-state index contributed by atoms with van der Waals surface area (Å²) in [5.74, 6) is 0.377. The van der Waals surface area contributed by atoms with E-state index in [1.807, 2.05) is 4.90 Å². The molecule has 3 nitrogen and oxygen atoms in total. The predicted octanol–water partition coefficient (Wildman–Crippen LogP) is 2.81. The average molecular weight is 270 g/mol. The van der Waals surface area contributed by atoms with Crippen molar-refractivity contribution in [3.8, 4) is 0 Å². The fraction of sp³-hybridized carbons (Fsp3) is 0.571. The third-order valence-electron chi connectivity index (χ3n) is 3.68. The summed E-state index contributed by atoms with van der Waals surface area (Å²) in [7, 11) is 0. The Kier molecular flexibility index (Phi) is 4.58. The Morgan fingerprint density at radius 2 is 2.21 bits per heavy atom. The lowest BCUT2D eigenvalue weighted by atomic mass is 9.94. The molecule has 1 unspecified atom stereocenters. The molecule has 106 valence electrons. The van der Waals surface area contributed by atoms with E-state index in [9.17, 15) is 8.78 Å². The minimum absolute atomic E-state index is 0.00430. The summed E-state index contributed by atoms with van der Waals surface area (Å²) in [6.45, 7) is 1.66. The zero-order chi connectivity index (χ0) is 13.8. The molecule has 1 heterocycles. The lowest BCUT2D eigenvalue weighted by Crippen LogP contribution is -2.36. The van der Waals surface area contributed by atoms with Crippen molar-refractivity contribution < 1.29 is 13.9 Å². The maximum atomic E-state index is 13.1. The van der Waals surface area contributed by atoms with Gasteiger partial charge in [-0.2, -0.15) is 0 Å². The molecule has 0 aliphatic carbocycles. The molecular weight excluding hydrogens is 250 g/mol. The molecule has 0 amide bonds. The second-order valence-corrected chi connectivity index (χ2v) is 5.09. The monoisotopic (exact) mass is 270 g/mol. The number of hydrogen-bond donors (Lipinski definition) is 2. The summed E-state index contributed by atoms with van der Waals surface area (Å²) in [4.78, 5) is 1.99. The fourth-order valence-electron chi connectivity index (χ4n) is 2.74. The van der Waals surface area contributed by atoms with E-state index in [1.165, 1.54) is 6.07 Å².